The predicted molar refractivity (Wildman–Crippen MR) is 27.9 cm³/mol. The zero-order chi connectivity index (χ0) is 5.28. The lowest BCUT2D eigenvalue weighted by atomic mass is 9.84. The Morgan fingerprint density at radius 1 is 1.86 bits per heavy atom. The molecule has 1 aliphatic rings. The highest BCUT2D eigenvalue weighted by Crippen LogP contribution is 2.22. The summed E-state index contributed by atoms with van der Waals surface area (Å²) in [6.45, 7) is 3.51. The van der Waals surface area contributed by atoms with Crippen molar-refractivity contribution in [1.29, 1.82) is 0 Å². The number of hydrogen-bond donors (Lipinski definition) is 0. The summed E-state index contributed by atoms with van der Waals surface area (Å²) in [6.07, 6.45) is 3.53. The lowest BCUT2D eigenvalue weighted by molar-refractivity contribution is -0.127. The molecule has 0 aromatic carbocycles. The SMILES string of the molecule is C=C[C@@H]1CCC1=O. The van der Waals surface area contributed by atoms with E-state index in [0.29, 0.717) is 5.78 Å². The van der Waals surface area contributed by atoms with Crippen molar-refractivity contribution in [1.82, 2.24) is 0 Å². The summed E-state index contributed by atoms with van der Waals surface area (Å²) in [5.74, 6) is 0.565. The molecule has 0 aromatic heterocycles. The number of allylic oxidation sites excluding steroid dienone is 1. The molecule has 0 amide bonds. The molecule has 1 aliphatic carbocycles. The molecule has 7 heavy (non-hydrogen) atoms. The molecule has 0 aromatic rings. The average Bonchev–Trinajstić information content (AvgIpc) is 1.65. The normalized spacial score (nSPS) is 29.1. The highest BCUT2D eigenvalue weighted by molar-refractivity contribution is 5.87. The zero-order valence-electron chi connectivity index (χ0n) is 4.18. The maximum absolute atomic E-state index is 10.4. The summed E-state index contributed by atoms with van der Waals surface area (Å²) >= 11 is 0. The van der Waals surface area contributed by atoms with Crippen molar-refractivity contribution in [3.05, 3.63) is 12.7 Å². The van der Waals surface area contributed by atoms with Crippen LogP contribution in [0.1, 0.15) is 12.8 Å². The van der Waals surface area contributed by atoms with Gasteiger partial charge in [0, 0.05) is 12.3 Å². The predicted octanol–water partition coefficient (Wildman–Crippen LogP) is 1.15. The quantitative estimate of drug-likeness (QED) is 0.447. The maximum Gasteiger partial charge on any atom is 0.139 e. The van der Waals surface area contributed by atoms with Crippen LogP contribution in [0.4, 0.5) is 0 Å². The minimum Gasteiger partial charge on any atom is -0.299 e. The second kappa shape index (κ2) is 1.49. The van der Waals surface area contributed by atoms with Gasteiger partial charge in [-0.05, 0) is 6.42 Å². The molecule has 1 nitrogen and oxygen atoms in total. The molecule has 1 rings (SSSR count). The summed E-state index contributed by atoms with van der Waals surface area (Å²) in [6, 6.07) is 0. The van der Waals surface area contributed by atoms with Crippen LogP contribution >= 0.6 is 0 Å². The fourth-order valence-corrected chi connectivity index (χ4v) is 0.678. The van der Waals surface area contributed by atoms with E-state index in [0.717, 1.165) is 12.8 Å². The van der Waals surface area contributed by atoms with Crippen molar-refractivity contribution in [2.24, 2.45) is 5.92 Å². The van der Waals surface area contributed by atoms with E-state index in [4.69, 9.17) is 0 Å². The molecule has 0 spiro atoms. The summed E-state index contributed by atoms with van der Waals surface area (Å²) in [4.78, 5) is 10.4. The van der Waals surface area contributed by atoms with Crippen LogP contribution in [-0.4, -0.2) is 5.78 Å². The number of carbonyl (C=O) groups is 1. The van der Waals surface area contributed by atoms with Gasteiger partial charge in [-0.25, -0.2) is 0 Å². The van der Waals surface area contributed by atoms with Crippen LogP contribution in [0.15, 0.2) is 12.7 Å². The van der Waals surface area contributed by atoms with Gasteiger partial charge in [-0.3, -0.25) is 4.79 Å². The number of carbonyl (C=O) groups excluding carboxylic acids is 1. The van der Waals surface area contributed by atoms with Gasteiger partial charge in [-0.1, -0.05) is 6.08 Å². The molecule has 0 heterocycles. The Hall–Kier alpha value is -0.590. The third-order valence-corrected chi connectivity index (χ3v) is 1.40. The van der Waals surface area contributed by atoms with Gasteiger partial charge in [0.05, 0.1) is 0 Å². The Kier molecular flexibility index (Phi) is 0.970. The molecule has 1 fully saturated rings. The van der Waals surface area contributed by atoms with Crippen molar-refractivity contribution < 1.29 is 4.79 Å². The number of Topliss-reactive ketones (excluding diaryl/α,β-unsaturated/α-hetero) is 1. The van der Waals surface area contributed by atoms with Crippen molar-refractivity contribution >= 4 is 5.78 Å². The number of rotatable bonds is 1. The number of hydrogen-bond acceptors (Lipinski definition) is 1. The molecule has 1 atom stereocenters. The first kappa shape index (κ1) is 4.57. The Bertz CT molecular complexity index is 105. The Labute approximate surface area is 43.0 Å². The van der Waals surface area contributed by atoms with Gasteiger partial charge >= 0.3 is 0 Å². The molecule has 0 aliphatic heterocycles. The molecular weight excluding hydrogens is 88.1 g/mol. The smallest absolute Gasteiger partial charge is 0.139 e. The van der Waals surface area contributed by atoms with E-state index < -0.39 is 0 Å². The fourth-order valence-electron chi connectivity index (χ4n) is 0.678. The minimum absolute atomic E-state index is 0.208. The van der Waals surface area contributed by atoms with E-state index in [1.165, 1.54) is 0 Å². The van der Waals surface area contributed by atoms with Gasteiger partial charge < -0.3 is 0 Å². The molecule has 1 heteroatoms. The first-order valence-electron chi connectivity index (χ1n) is 2.50. The highest BCUT2D eigenvalue weighted by Gasteiger charge is 2.23. The second-order valence-corrected chi connectivity index (χ2v) is 1.85. The van der Waals surface area contributed by atoms with Crippen LogP contribution in [0, 0.1) is 5.92 Å². The van der Waals surface area contributed by atoms with Crippen LogP contribution in [0.5, 0.6) is 0 Å². The topological polar surface area (TPSA) is 17.1 Å². The van der Waals surface area contributed by atoms with E-state index >= 15 is 0 Å². The standard InChI is InChI=1S/C6H8O/c1-2-5-3-4-6(5)7/h2,5H,1,3-4H2/t5-/m1/s1. The summed E-state index contributed by atoms with van der Waals surface area (Å²) in [5, 5.41) is 0. The Morgan fingerprint density at radius 2 is 2.57 bits per heavy atom. The first-order chi connectivity index (χ1) is 3.34. The van der Waals surface area contributed by atoms with E-state index in [2.05, 4.69) is 6.58 Å². The molecule has 0 unspecified atom stereocenters. The maximum atomic E-state index is 10.4. The first-order valence-corrected chi connectivity index (χ1v) is 2.50. The summed E-state index contributed by atoms with van der Waals surface area (Å²) in [7, 11) is 0. The van der Waals surface area contributed by atoms with E-state index in [1.807, 2.05) is 0 Å². The van der Waals surface area contributed by atoms with Gasteiger partial charge in [0.1, 0.15) is 5.78 Å². The monoisotopic (exact) mass is 96.1 g/mol. The molecule has 0 radical (unpaired) electrons. The average molecular weight is 96.1 g/mol. The van der Waals surface area contributed by atoms with E-state index in [-0.39, 0.29) is 5.92 Å². The lowest BCUT2D eigenvalue weighted by Crippen LogP contribution is -2.22. The van der Waals surface area contributed by atoms with Crippen molar-refractivity contribution in [2.45, 2.75) is 12.8 Å². The largest absolute Gasteiger partial charge is 0.299 e. The van der Waals surface area contributed by atoms with Crippen molar-refractivity contribution in [3.63, 3.8) is 0 Å². The Balaban J connectivity index is 2.43. The van der Waals surface area contributed by atoms with Crippen LogP contribution in [0.2, 0.25) is 0 Å². The Morgan fingerprint density at radius 3 is 2.57 bits per heavy atom. The van der Waals surface area contributed by atoms with Crippen molar-refractivity contribution in [3.8, 4) is 0 Å². The van der Waals surface area contributed by atoms with Crippen LogP contribution in [-0.2, 0) is 4.79 Å². The van der Waals surface area contributed by atoms with E-state index in [9.17, 15) is 4.79 Å². The molecule has 0 saturated heterocycles. The third kappa shape index (κ3) is 0.581. The summed E-state index contributed by atoms with van der Waals surface area (Å²) < 4.78 is 0. The van der Waals surface area contributed by atoms with Gasteiger partial charge in [0.25, 0.3) is 0 Å². The van der Waals surface area contributed by atoms with Crippen molar-refractivity contribution in [2.75, 3.05) is 0 Å². The fraction of sp³-hybridized carbons (Fsp3) is 0.500. The molecule has 0 bridgehead atoms. The second-order valence-electron chi connectivity index (χ2n) is 1.85. The van der Waals surface area contributed by atoms with Crippen LogP contribution < -0.4 is 0 Å². The number of ketones is 1. The van der Waals surface area contributed by atoms with Crippen LogP contribution in [0.25, 0.3) is 0 Å². The highest BCUT2D eigenvalue weighted by atomic mass is 16.1. The van der Waals surface area contributed by atoms with E-state index in [1.54, 1.807) is 6.08 Å². The third-order valence-electron chi connectivity index (χ3n) is 1.40. The van der Waals surface area contributed by atoms with Gasteiger partial charge in [0.15, 0.2) is 0 Å². The molecule has 38 valence electrons. The summed E-state index contributed by atoms with van der Waals surface area (Å²) in [5.41, 5.74) is 0. The van der Waals surface area contributed by atoms with Gasteiger partial charge in [-0.2, -0.15) is 0 Å². The van der Waals surface area contributed by atoms with Crippen LogP contribution in [0.3, 0.4) is 0 Å². The molecule has 1 saturated carbocycles. The molecule has 0 N–H and O–H groups in total. The minimum atomic E-state index is 0.208. The van der Waals surface area contributed by atoms with Gasteiger partial charge in [-0.15, -0.1) is 6.58 Å². The van der Waals surface area contributed by atoms with Gasteiger partial charge in [0.2, 0.25) is 0 Å². The lowest BCUT2D eigenvalue weighted by Gasteiger charge is -2.18. The molecular formula is C6H8O. The zero-order valence-corrected chi connectivity index (χ0v) is 4.18.